The maximum atomic E-state index is 12.0. The third-order valence-corrected chi connectivity index (χ3v) is 3.89. The van der Waals surface area contributed by atoms with E-state index in [1.165, 1.54) is 0 Å². The van der Waals surface area contributed by atoms with Gasteiger partial charge in [0.15, 0.2) is 0 Å². The summed E-state index contributed by atoms with van der Waals surface area (Å²) in [6, 6.07) is 0.608. The Bertz CT molecular complexity index is 266. The molecular formula is C13H24N2O2. The van der Waals surface area contributed by atoms with Gasteiger partial charge in [-0.15, -0.1) is 0 Å². The Balaban J connectivity index is 1.74. The van der Waals surface area contributed by atoms with Gasteiger partial charge in [0.1, 0.15) is 0 Å². The van der Waals surface area contributed by atoms with E-state index in [4.69, 9.17) is 0 Å². The van der Waals surface area contributed by atoms with Crippen LogP contribution in [0, 0.1) is 0 Å². The first kappa shape index (κ1) is 12.8. The van der Waals surface area contributed by atoms with Crippen LogP contribution in [0.1, 0.15) is 45.4 Å². The summed E-state index contributed by atoms with van der Waals surface area (Å²) in [7, 11) is 0. The fourth-order valence-corrected chi connectivity index (χ4v) is 2.69. The van der Waals surface area contributed by atoms with Crippen molar-refractivity contribution < 1.29 is 9.90 Å². The van der Waals surface area contributed by atoms with Crippen LogP contribution < -0.4 is 5.32 Å². The summed E-state index contributed by atoms with van der Waals surface area (Å²) in [4.78, 5) is 13.9. The molecule has 0 radical (unpaired) electrons. The van der Waals surface area contributed by atoms with Crippen LogP contribution in [-0.4, -0.2) is 47.2 Å². The molecule has 2 aliphatic rings. The molecule has 98 valence electrons. The minimum Gasteiger partial charge on any atom is -0.392 e. The molecule has 4 heteroatoms. The second-order valence-corrected chi connectivity index (χ2v) is 5.25. The molecule has 2 fully saturated rings. The highest BCUT2D eigenvalue weighted by atomic mass is 16.3. The third kappa shape index (κ3) is 3.42. The van der Waals surface area contributed by atoms with Gasteiger partial charge in [-0.05, 0) is 32.6 Å². The molecule has 0 heterocycles. The number of aliphatic hydroxyl groups is 1. The largest absolute Gasteiger partial charge is 0.392 e. The van der Waals surface area contributed by atoms with Crippen LogP contribution in [-0.2, 0) is 4.79 Å². The van der Waals surface area contributed by atoms with Gasteiger partial charge >= 0.3 is 0 Å². The number of nitrogens with zero attached hydrogens (tertiary/aromatic N) is 1. The van der Waals surface area contributed by atoms with Gasteiger partial charge in [0.25, 0.3) is 0 Å². The molecular weight excluding hydrogens is 216 g/mol. The first-order valence-corrected chi connectivity index (χ1v) is 6.93. The van der Waals surface area contributed by atoms with Gasteiger partial charge in [-0.2, -0.15) is 0 Å². The fourth-order valence-electron chi connectivity index (χ4n) is 2.69. The normalized spacial score (nSPS) is 29.1. The highest BCUT2D eigenvalue weighted by Crippen LogP contribution is 2.26. The predicted molar refractivity (Wildman–Crippen MR) is 66.7 cm³/mol. The Kier molecular flexibility index (Phi) is 4.40. The number of likely N-dealkylation sites (N-methyl/N-ethyl adjacent to an activating group) is 1. The van der Waals surface area contributed by atoms with Gasteiger partial charge in [-0.1, -0.05) is 12.8 Å². The van der Waals surface area contributed by atoms with E-state index < -0.39 is 0 Å². The second kappa shape index (κ2) is 5.83. The van der Waals surface area contributed by atoms with Crippen LogP contribution >= 0.6 is 0 Å². The number of hydrogen-bond donors (Lipinski definition) is 2. The van der Waals surface area contributed by atoms with E-state index in [1.54, 1.807) is 0 Å². The van der Waals surface area contributed by atoms with E-state index in [9.17, 15) is 9.90 Å². The number of nitrogens with one attached hydrogen (secondary N) is 1. The van der Waals surface area contributed by atoms with Gasteiger partial charge in [-0.3, -0.25) is 4.79 Å². The second-order valence-electron chi connectivity index (χ2n) is 5.25. The standard InChI is InChI=1S/C13H24N2O2/c1-2-15(10-7-8-10)13(17)9-14-11-5-3-4-6-12(11)16/h10-12,14,16H,2-9H2,1H3. The SMILES string of the molecule is CCN(C(=O)CNC1CCCCC1O)C1CC1. The molecule has 2 unspecified atom stereocenters. The molecule has 4 nitrogen and oxygen atoms in total. The number of hydrogen-bond acceptors (Lipinski definition) is 3. The van der Waals surface area contributed by atoms with Crippen LogP contribution in [0.25, 0.3) is 0 Å². The lowest BCUT2D eigenvalue weighted by Crippen LogP contribution is -2.47. The van der Waals surface area contributed by atoms with Crippen molar-refractivity contribution in [3.8, 4) is 0 Å². The van der Waals surface area contributed by atoms with E-state index in [2.05, 4.69) is 5.32 Å². The summed E-state index contributed by atoms with van der Waals surface area (Å²) in [5.74, 6) is 0.188. The smallest absolute Gasteiger partial charge is 0.236 e. The predicted octanol–water partition coefficient (Wildman–Crippen LogP) is 0.890. The van der Waals surface area contributed by atoms with Crippen LogP contribution in [0.4, 0.5) is 0 Å². The average molecular weight is 240 g/mol. The van der Waals surface area contributed by atoms with Gasteiger partial charge in [-0.25, -0.2) is 0 Å². The Morgan fingerprint density at radius 3 is 2.59 bits per heavy atom. The molecule has 0 saturated heterocycles. The van der Waals surface area contributed by atoms with Gasteiger partial charge in [0, 0.05) is 18.6 Å². The number of aliphatic hydroxyl groups excluding tert-OH is 1. The summed E-state index contributed by atoms with van der Waals surface area (Å²) in [6.07, 6.45) is 6.17. The highest BCUT2D eigenvalue weighted by Gasteiger charge is 2.31. The molecule has 0 aromatic heterocycles. The molecule has 0 spiro atoms. The summed E-state index contributed by atoms with van der Waals surface area (Å²) in [6.45, 7) is 3.22. The van der Waals surface area contributed by atoms with Crippen molar-refractivity contribution >= 4 is 5.91 Å². The Labute approximate surface area is 103 Å². The molecule has 0 aliphatic heterocycles. The zero-order valence-corrected chi connectivity index (χ0v) is 10.7. The topological polar surface area (TPSA) is 52.6 Å². The number of amides is 1. The highest BCUT2D eigenvalue weighted by molar-refractivity contribution is 5.78. The average Bonchev–Trinajstić information content (AvgIpc) is 3.13. The molecule has 2 N–H and O–H groups in total. The lowest BCUT2D eigenvalue weighted by Gasteiger charge is -2.29. The number of rotatable bonds is 5. The van der Waals surface area contributed by atoms with Crippen molar-refractivity contribution in [1.29, 1.82) is 0 Å². The van der Waals surface area contributed by atoms with E-state index in [1.807, 2.05) is 11.8 Å². The van der Waals surface area contributed by atoms with E-state index in [0.29, 0.717) is 12.6 Å². The Morgan fingerprint density at radius 2 is 2.00 bits per heavy atom. The third-order valence-electron chi connectivity index (χ3n) is 3.89. The number of carbonyl (C=O) groups excluding carboxylic acids is 1. The molecule has 0 aromatic carbocycles. The lowest BCUT2D eigenvalue weighted by molar-refractivity contribution is -0.130. The van der Waals surface area contributed by atoms with Crippen molar-refractivity contribution in [3.05, 3.63) is 0 Å². The van der Waals surface area contributed by atoms with E-state index in [0.717, 1.165) is 45.1 Å². The van der Waals surface area contributed by atoms with Crippen molar-refractivity contribution in [2.24, 2.45) is 0 Å². The molecule has 0 bridgehead atoms. The molecule has 2 saturated carbocycles. The van der Waals surface area contributed by atoms with E-state index in [-0.39, 0.29) is 18.1 Å². The minimum absolute atomic E-state index is 0.116. The summed E-state index contributed by atoms with van der Waals surface area (Å²) in [5, 5.41) is 13.0. The number of carbonyl (C=O) groups is 1. The van der Waals surface area contributed by atoms with Gasteiger partial charge < -0.3 is 15.3 Å². The van der Waals surface area contributed by atoms with Crippen molar-refractivity contribution in [2.45, 2.75) is 63.6 Å². The van der Waals surface area contributed by atoms with Crippen LogP contribution in [0.5, 0.6) is 0 Å². The van der Waals surface area contributed by atoms with Crippen LogP contribution in [0.3, 0.4) is 0 Å². The first-order valence-electron chi connectivity index (χ1n) is 6.93. The zero-order chi connectivity index (χ0) is 12.3. The first-order chi connectivity index (χ1) is 8.22. The molecule has 2 atom stereocenters. The maximum absolute atomic E-state index is 12.0. The van der Waals surface area contributed by atoms with Crippen molar-refractivity contribution in [1.82, 2.24) is 10.2 Å². The Hall–Kier alpha value is -0.610. The maximum Gasteiger partial charge on any atom is 0.236 e. The molecule has 1 amide bonds. The summed E-state index contributed by atoms with van der Waals surface area (Å²) >= 11 is 0. The fraction of sp³-hybridized carbons (Fsp3) is 0.923. The zero-order valence-electron chi connectivity index (χ0n) is 10.7. The molecule has 2 rings (SSSR count). The molecule has 2 aliphatic carbocycles. The monoisotopic (exact) mass is 240 g/mol. The quantitative estimate of drug-likeness (QED) is 0.750. The van der Waals surface area contributed by atoms with Gasteiger partial charge in [0.2, 0.25) is 5.91 Å². The molecule has 17 heavy (non-hydrogen) atoms. The summed E-state index contributed by atoms with van der Waals surface area (Å²) in [5.41, 5.74) is 0. The van der Waals surface area contributed by atoms with Crippen LogP contribution in [0.2, 0.25) is 0 Å². The molecule has 0 aromatic rings. The minimum atomic E-state index is -0.271. The van der Waals surface area contributed by atoms with Crippen molar-refractivity contribution in [3.63, 3.8) is 0 Å². The van der Waals surface area contributed by atoms with Gasteiger partial charge in [0.05, 0.1) is 12.6 Å². The Morgan fingerprint density at radius 1 is 1.29 bits per heavy atom. The van der Waals surface area contributed by atoms with E-state index >= 15 is 0 Å². The summed E-state index contributed by atoms with van der Waals surface area (Å²) < 4.78 is 0. The lowest BCUT2D eigenvalue weighted by atomic mass is 9.92. The van der Waals surface area contributed by atoms with Crippen molar-refractivity contribution in [2.75, 3.05) is 13.1 Å². The van der Waals surface area contributed by atoms with Crippen LogP contribution in [0.15, 0.2) is 0 Å².